The second-order valence-electron chi connectivity index (χ2n) is 6.05. The van der Waals surface area contributed by atoms with Crippen LogP contribution in [-0.2, 0) is 9.31 Å². The molecule has 0 aliphatic carbocycles. The van der Waals surface area contributed by atoms with Crippen LogP contribution in [-0.4, -0.2) is 23.3 Å². The van der Waals surface area contributed by atoms with Gasteiger partial charge in [-0.2, -0.15) is 0 Å². The van der Waals surface area contributed by atoms with Crippen LogP contribution >= 0.6 is 0 Å². The maximum absolute atomic E-state index is 6.05. The van der Waals surface area contributed by atoms with Crippen molar-refractivity contribution < 1.29 is 13.7 Å². The molecule has 3 rings (SSSR count). The van der Waals surface area contributed by atoms with E-state index in [-0.39, 0.29) is 18.3 Å². The normalized spacial score (nSPS) is 20.3. The van der Waals surface area contributed by atoms with Crippen molar-refractivity contribution in [3.05, 3.63) is 36.7 Å². The molecule has 0 bridgehead atoms. The van der Waals surface area contributed by atoms with E-state index < -0.39 is 0 Å². The van der Waals surface area contributed by atoms with Crippen LogP contribution in [0.25, 0.3) is 11.5 Å². The van der Waals surface area contributed by atoms with Gasteiger partial charge in [-0.25, -0.2) is 4.98 Å². The minimum absolute atomic E-state index is 0.337. The highest BCUT2D eigenvalue weighted by Crippen LogP contribution is 2.36. The molecule has 0 amide bonds. The lowest BCUT2D eigenvalue weighted by molar-refractivity contribution is 0.00578. The lowest BCUT2D eigenvalue weighted by atomic mass is 9.78. The highest BCUT2D eigenvalue weighted by atomic mass is 16.7. The van der Waals surface area contributed by atoms with Crippen LogP contribution in [0.1, 0.15) is 27.7 Å². The number of aromatic nitrogens is 1. The third kappa shape index (κ3) is 2.17. The predicted octanol–water partition coefficient (Wildman–Crippen LogP) is 2.64. The number of rotatable bonds is 2. The van der Waals surface area contributed by atoms with Crippen molar-refractivity contribution in [2.45, 2.75) is 38.9 Å². The molecule has 1 aromatic heterocycles. The molecule has 5 heteroatoms. The lowest BCUT2D eigenvalue weighted by Crippen LogP contribution is -2.41. The van der Waals surface area contributed by atoms with Crippen molar-refractivity contribution in [2.24, 2.45) is 0 Å². The predicted molar refractivity (Wildman–Crippen MR) is 77.7 cm³/mol. The fourth-order valence-electron chi connectivity index (χ4n) is 2.16. The molecule has 1 aromatic carbocycles. The van der Waals surface area contributed by atoms with E-state index in [2.05, 4.69) is 4.98 Å². The van der Waals surface area contributed by atoms with Crippen molar-refractivity contribution in [2.75, 3.05) is 0 Å². The van der Waals surface area contributed by atoms with Crippen molar-refractivity contribution >= 4 is 12.6 Å². The molecule has 0 spiro atoms. The van der Waals surface area contributed by atoms with Crippen molar-refractivity contribution in [3.8, 4) is 11.5 Å². The van der Waals surface area contributed by atoms with E-state index in [1.165, 1.54) is 0 Å². The molecule has 0 N–H and O–H groups in total. The van der Waals surface area contributed by atoms with E-state index >= 15 is 0 Å². The van der Waals surface area contributed by atoms with E-state index in [4.69, 9.17) is 13.7 Å². The van der Waals surface area contributed by atoms with E-state index in [1.54, 1.807) is 12.5 Å². The minimum Gasteiger partial charge on any atom is -0.445 e. The molecule has 0 atom stereocenters. The molecular weight excluding hydrogens is 253 g/mol. The molecule has 20 heavy (non-hydrogen) atoms. The summed E-state index contributed by atoms with van der Waals surface area (Å²) in [4.78, 5) is 4.16. The molecule has 1 aliphatic rings. The Morgan fingerprint density at radius 1 is 1.05 bits per heavy atom. The van der Waals surface area contributed by atoms with Crippen LogP contribution < -0.4 is 5.46 Å². The highest BCUT2D eigenvalue weighted by Gasteiger charge is 2.51. The Balaban J connectivity index is 1.91. The molecular formula is C15H18BNO3. The van der Waals surface area contributed by atoms with Crippen LogP contribution in [0.3, 0.4) is 0 Å². The van der Waals surface area contributed by atoms with Gasteiger partial charge in [-0.1, -0.05) is 12.1 Å². The Labute approximate surface area is 119 Å². The molecule has 4 nitrogen and oxygen atoms in total. The molecule has 2 aromatic rings. The Kier molecular flexibility index (Phi) is 2.99. The quantitative estimate of drug-likeness (QED) is 0.787. The van der Waals surface area contributed by atoms with Gasteiger partial charge in [0.2, 0.25) is 5.89 Å². The van der Waals surface area contributed by atoms with Gasteiger partial charge in [0.05, 0.1) is 17.4 Å². The summed E-state index contributed by atoms with van der Waals surface area (Å²) in [5, 5.41) is 0. The molecule has 104 valence electrons. The van der Waals surface area contributed by atoms with Crippen LogP contribution in [0, 0.1) is 0 Å². The largest absolute Gasteiger partial charge is 0.494 e. The summed E-state index contributed by atoms with van der Waals surface area (Å²) in [5.74, 6) is 0.600. The number of benzene rings is 1. The fraction of sp³-hybridized carbons (Fsp3) is 0.400. The molecule has 1 saturated heterocycles. The zero-order valence-electron chi connectivity index (χ0n) is 12.2. The smallest absolute Gasteiger partial charge is 0.445 e. The molecule has 1 fully saturated rings. The van der Waals surface area contributed by atoms with E-state index in [1.807, 2.05) is 52.0 Å². The second-order valence-corrected chi connectivity index (χ2v) is 6.05. The highest BCUT2D eigenvalue weighted by molar-refractivity contribution is 6.62. The van der Waals surface area contributed by atoms with Crippen LogP contribution in [0.4, 0.5) is 0 Å². The summed E-state index contributed by atoms with van der Waals surface area (Å²) in [6.45, 7) is 8.19. The summed E-state index contributed by atoms with van der Waals surface area (Å²) < 4.78 is 17.4. The standard InChI is InChI=1S/C15H18BNO3/c1-14(2)15(3,4)20-16(19-14)12-7-5-6-11(10-12)13-17-8-9-18-13/h5-10H,1-4H3. The fourth-order valence-corrected chi connectivity index (χ4v) is 2.16. The van der Waals surface area contributed by atoms with Gasteiger partial charge in [0.15, 0.2) is 0 Å². The van der Waals surface area contributed by atoms with Crippen LogP contribution in [0.2, 0.25) is 0 Å². The molecule has 0 radical (unpaired) electrons. The Morgan fingerprint density at radius 2 is 1.75 bits per heavy atom. The summed E-state index contributed by atoms with van der Waals surface area (Å²) in [5.41, 5.74) is 1.22. The van der Waals surface area contributed by atoms with Gasteiger partial charge in [-0.15, -0.1) is 0 Å². The van der Waals surface area contributed by atoms with Crippen molar-refractivity contribution in [1.82, 2.24) is 4.98 Å². The maximum Gasteiger partial charge on any atom is 0.494 e. The molecule has 0 unspecified atom stereocenters. The first kappa shape index (κ1) is 13.4. The number of nitrogens with zero attached hydrogens (tertiary/aromatic N) is 1. The Hall–Kier alpha value is -1.59. The van der Waals surface area contributed by atoms with Crippen molar-refractivity contribution in [1.29, 1.82) is 0 Å². The van der Waals surface area contributed by atoms with Gasteiger partial charge < -0.3 is 13.7 Å². The van der Waals surface area contributed by atoms with E-state index in [9.17, 15) is 0 Å². The van der Waals surface area contributed by atoms with E-state index in [0.29, 0.717) is 5.89 Å². The number of hydrogen-bond donors (Lipinski definition) is 0. The average Bonchev–Trinajstić information content (AvgIpc) is 2.97. The Morgan fingerprint density at radius 3 is 2.35 bits per heavy atom. The average molecular weight is 271 g/mol. The van der Waals surface area contributed by atoms with Gasteiger partial charge in [0.25, 0.3) is 0 Å². The maximum atomic E-state index is 6.05. The van der Waals surface area contributed by atoms with Gasteiger partial charge in [0.1, 0.15) is 6.26 Å². The Bertz CT molecular complexity index is 591. The van der Waals surface area contributed by atoms with Crippen LogP contribution in [0.5, 0.6) is 0 Å². The van der Waals surface area contributed by atoms with Gasteiger partial charge in [-0.3, -0.25) is 0 Å². The monoisotopic (exact) mass is 271 g/mol. The van der Waals surface area contributed by atoms with Crippen LogP contribution in [0.15, 0.2) is 41.1 Å². The first-order chi connectivity index (χ1) is 9.39. The lowest BCUT2D eigenvalue weighted by Gasteiger charge is -2.32. The third-order valence-electron chi connectivity index (χ3n) is 4.09. The van der Waals surface area contributed by atoms with Gasteiger partial charge >= 0.3 is 7.12 Å². The number of hydrogen-bond acceptors (Lipinski definition) is 4. The van der Waals surface area contributed by atoms with Crippen molar-refractivity contribution in [3.63, 3.8) is 0 Å². The summed E-state index contributed by atoms with van der Waals surface area (Å²) in [7, 11) is -0.366. The summed E-state index contributed by atoms with van der Waals surface area (Å²) in [6.07, 6.45) is 3.20. The zero-order chi connectivity index (χ0) is 14.4. The molecule has 1 aliphatic heterocycles. The zero-order valence-corrected chi connectivity index (χ0v) is 12.2. The third-order valence-corrected chi connectivity index (χ3v) is 4.09. The minimum atomic E-state index is -0.366. The van der Waals surface area contributed by atoms with Gasteiger partial charge in [0, 0.05) is 5.56 Å². The second kappa shape index (κ2) is 4.47. The van der Waals surface area contributed by atoms with Gasteiger partial charge in [-0.05, 0) is 45.3 Å². The molecule has 2 heterocycles. The summed E-state index contributed by atoms with van der Waals surface area (Å²) >= 11 is 0. The first-order valence-electron chi connectivity index (χ1n) is 6.74. The summed E-state index contributed by atoms with van der Waals surface area (Å²) in [6, 6.07) is 7.91. The SMILES string of the molecule is CC1(C)OB(c2cccc(-c3ncco3)c2)OC1(C)C. The topological polar surface area (TPSA) is 44.5 Å². The first-order valence-corrected chi connectivity index (χ1v) is 6.74. The molecule has 0 saturated carbocycles. The van der Waals surface area contributed by atoms with E-state index in [0.717, 1.165) is 11.0 Å². The number of oxazole rings is 1.